The molecule has 0 amide bonds. The molecule has 112 valence electrons. The standard InChI is InChI=1S/C15H23NO4/c1-14(2,3)15(16,9-13(17)18)11-7-6-10(19-4)8-12(11)20-5/h6-8H,9,16H2,1-5H3,(H,17,18). The van der Waals surface area contributed by atoms with Crippen LogP contribution in [0.5, 0.6) is 11.5 Å². The molecule has 1 aromatic carbocycles. The lowest BCUT2D eigenvalue weighted by Crippen LogP contribution is -2.50. The number of rotatable bonds is 5. The summed E-state index contributed by atoms with van der Waals surface area (Å²) in [4.78, 5) is 11.2. The Morgan fingerprint density at radius 2 is 1.85 bits per heavy atom. The third-order valence-corrected chi connectivity index (χ3v) is 3.66. The van der Waals surface area contributed by atoms with Crippen molar-refractivity contribution in [2.45, 2.75) is 32.7 Å². The molecule has 0 fully saturated rings. The Kier molecular flexibility index (Phi) is 4.65. The van der Waals surface area contributed by atoms with Crippen LogP contribution >= 0.6 is 0 Å². The van der Waals surface area contributed by atoms with E-state index in [1.165, 1.54) is 7.11 Å². The minimum Gasteiger partial charge on any atom is -0.497 e. The second-order valence-corrected chi connectivity index (χ2v) is 5.86. The van der Waals surface area contributed by atoms with Gasteiger partial charge in [-0.2, -0.15) is 0 Å². The molecule has 0 spiro atoms. The minimum atomic E-state index is -1.05. The highest BCUT2D eigenvalue weighted by atomic mass is 16.5. The fourth-order valence-corrected chi connectivity index (χ4v) is 2.17. The van der Waals surface area contributed by atoms with Gasteiger partial charge in [-0.3, -0.25) is 4.79 Å². The van der Waals surface area contributed by atoms with E-state index in [0.29, 0.717) is 17.1 Å². The highest BCUT2D eigenvalue weighted by Crippen LogP contribution is 2.44. The van der Waals surface area contributed by atoms with Crippen LogP contribution in [0.1, 0.15) is 32.8 Å². The van der Waals surface area contributed by atoms with Crippen LogP contribution in [0.3, 0.4) is 0 Å². The predicted molar refractivity (Wildman–Crippen MR) is 77.1 cm³/mol. The first-order valence-corrected chi connectivity index (χ1v) is 6.39. The van der Waals surface area contributed by atoms with E-state index in [-0.39, 0.29) is 6.42 Å². The van der Waals surface area contributed by atoms with Crippen molar-refractivity contribution in [1.29, 1.82) is 0 Å². The lowest BCUT2D eigenvalue weighted by molar-refractivity contribution is -0.139. The van der Waals surface area contributed by atoms with Gasteiger partial charge in [0.15, 0.2) is 0 Å². The summed E-state index contributed by atoms with van der Waals surface area (Å²) < 4.78 is 10.5. The van der Waals surface area contributed by atoms with Crippen LogP contribution in [0.15, 0.2) is 18.2 Å². The first-order chi connectivity index (χ1) is 9.15. The first kappa shape index (κ1) is 16.3. The van der Waals surface area contributed by atoms with E-state index in [1.807, 2.05) is 20.8 Å². The molecule has 1 aromatic rings. The van der Waals surface area contributed by atoms with Crippen LogP contribution in [-0.2, 0) is 10.3 Å². The van der Waals surface area contributed by atoms with Crippen LogP contribution in [0.4, 0.5) is 0 Å². The average Bonchev–Trinajstić information content (AvgIpc) is 2.35. The molecular formula is C15H23NO4. The van der Waals surface area contributed by atoms with Crippen LogP contribution in [0.25, 0.3) is 0 Å². The number of hydrogen-bond donors (Lipinski definition) is 2. The highest BCUT2D eigenvalue weighted by molar-refractivity contribution is 5.69. The van der Waals surface area contributed by atoms with Crippen LogP contribution in [-0.4, -0.2) is 25.3 Å². The van der Waals surface area contributed by atoms with Gasteiger partial charge in [-0.05, 0) is 17.5 Å². The summed E-state index contributed by atoms with van der Waals surface area (Å²) in [6.07, 6.45) is -0.181. The van der Waals surface area contributed by atoms with E-state index in [9.17, 15) is 9.90 Å². The van der Waals surface area contributed by atoms with Gasteiger partial charge in [-0.15, -0.1) is 0 Å². The molecule has 3 N–H and O–H groups in total. The molecular weight excluding hydrogens is 258 g/mol. The van der Waals surface area contributed by atoms with E-state index in [1.54, 1.807) is 25.3 Å². The maximum Gasteiger partial charge on any atom is 0.305 e. The zero-order chi connectivity index (χ0) is 15.6. The fourth-order valence-electron chi connectivity index (χ4n) is 2.17. The number of carboxylic acids is 1. The SMILES string of the molecule is COc1ccc(C(N)(CC(=O)O)C(C)(C)C)c(OC)c1. The number of nitrogens with two attached hydrogens (primary N) is 1. The van der Waals surface area contributed by atoms with Crippen molar-refractivity contribution in [3.8, 4) is 11.5 Å². The molecule has 0 aromatic heterocycles. The number of hydrogen-bond acceptors (Lipinski definition) is 4. The van der Waals surface area contributed by atoms with Gasteiger partial charge in [-0.25, -0.2) is 0 Å². The van der Waals surface area contributed by atoms with Crippen LogP contribution < -0.4 is 15.2 Å². The van der Waals surface area contributed by atoms with E-state index in [4.69, 9.17) is 15.2 Å². The summed E-state index contributed by atoms with van der Waals surface area (Å²) >= 11 is 0. The van der Waals surface area contributed by atoms with E-state index >= 15 is 0 Å². The van der Waals surface area contributed by atoms with E-state index in [2.05, 4.69) is 0 Å². The maximum atomic E-state index is 11.2. The van der Waals surface area contributed by atoms with Gasteiger partial charge >= 0.3 is 5.97 Å². The molecule has 0 heterocycles. The summed E-state index contributed by atoms with van der Waals surface area (Å²) in [5.41, 5.74) is 5.63. The molecule has 0 saturated carbocycles. The number of methoxy groups -OCH3 is 2. The Morgan fingerprint density at radius 3 is 2.25 bits per heavy atom. The normalized spacial score (nSPS) is 14.5. The summed E-state index contributed by atoms with van der Waals surface area (Å²) in [7, 11) is 3.09. The highest BCUT2D eigenvalue weighted by Gasteiger charge is 2.43. The van der Waals surface area contributed by atoms with Gasteiger partial charge in [0.1, 0.15) is 11.5 Å². The quantitative estimate of drug-likeness (QED) is 0.866. The second-order valence-electron chi connectivity index (χ2n) is 5.86. The monoisotopic (exact) mass is 281 g/mol. The van der Waals surface area contributed by atoms with Gasteiger partial charge < -0.3 is 20.3 Å². The molecule has 0 bridgehead atoms. The van der Waals surface area contributed by atoms with Gasteiger partial charge in [0, 0.05) is 11.6 Å². The number of benzene rings is 1. The molecule has 5 nitrogen and oxygen atoms in total. The second kappa shape index (κ2) is 5.71. The molecule has 0 radical (unpaired) electrons. The molecule has 1 unspecified atom stereocenters. The summed E-state index contributed by atoms with van der Waals surface area (Å²) in [6.45, 7) is 5.75. The largest absolute Gasteiger partial charge is 0.497 e. The minimum absolute atomic E-state index is 0.181. The van der Waals surface area contributed by atoms with Gasteiger partial charge in [0.25, 0.3) is 0 Å². The van der Waals surface area contributed by atoms with Crippen molar-refractivity contribution in [2.24, 2.45) is 11.1 Å². The molecule has 0 aliphatic carbocycles. The molecule has 5 heteroatoms. The maximum absolute atomic E-state index is 11.2. The number of carboxylic acid groups (broad SMARTS) is 1. The van der Waals surface area contributed by atoms with Crippen molar-refractivity contribution in [2.75, 3.05) is 14.2 Å². The Labute approximate surface area is 119 Å². The fraction of sp³-hybridized carbons (Fsp3) is 0.533. The van der Waals surface area contributed by atoms with Crippen molar-refractivity contribution in [1.82, 2.24) is 0 Å². The molecule has 20 heavy (non-hydrogen) atoms. The zero-order valence-corrected chi connectivity index (χ0v) is 12.7. The molecule has 1 atom stereocenters. The molecule has 0 saturated heterocycles. The van der Waals surface area contributed by atoms with Crippen molar-refractivity contribution in [3.05, 3.63) is 23.8 Å². The van der Waals surface area contributed by atoms with E-state index < -0.39 is 16.9 Å². The molecule has 0 aliphatic heterocycles. The number of aliphatic carboxylic acids is 1. The van der Waals surface area contributed by atoms with E-state index in [0.717, 1.165) is 0 Å². The first-order valence-electron chi connectivity index (χ1n) is 6.39. The lowest BCUT2D eigenvalue weighted by Gasteiger charge is -2.41. The predicted octanol–water partition coefficient (Wildman–Crippen LogP) is 2.38. The summed E-state index contributed by atoms with van der Waals surface area (Å²) in [6, 6.07) is 5.24. The third kappa shape index (κ3) is 3.04. The average molecular weight is 281 g/mol. The van der Waals surface area contributed by atoms with Crippen molar-refractivity contribution in [3.63, 3.8) is 0 Å². The smallest absolute Gasteiger partial charge is 0.305 e. The summed E-state index contributed by atoms with van der Waals surface area (Å²) in [5.74, 6) is 0.223. The number of carbonyl (C=O) groups is 1. The topological polar surface area (TPSA) is 81.8 Å². The molecule has 0 aliphatic rings. The van der Waals surface area contributed by atoms with Gasteiger partial charge in [0.2, 0.25) is 0 Å². The Balaban J connectivity index is 3.45. The lowest BCUT2D eigenvalue weighted by atomic mass is 9.68. The Bertz CT molecular complexity index is 493. The van der Waals surface area contributed by atoms with Gasteiger partial charge in [-0.1, -0.05) is 20.8 Å². The number of ether oxygens (including phenoxy) is 2. The third-order valence-electron chi connectivity index (χ3n) is 3.66. The zero-order valence-electron chi connectivity index (χ0n) is 12.7. The van der Waals surface area contributed by atoms with Crippen LogP contribution in [0.2, 0.25) is 0 Å². The van der Waals surface area contributed by atoms with Crippen molar-refractivity contribution < 1.29 is 19.4 Å². The van der Waals surface area contributed by atoms with Gasteiger partial charge in [0.05, 0.1) is 26.2 Å². The van der Waals surface area contributed by atoms with Crippen molar-refractivity contribution >= 4 is 5.97 Å². The molecule has 1 rings (SSSR count). The Morgan fingerprint density at radius 1 is 1.25 bits per heavy atom. The van der Waals surface area contributed by atoms with Crippen LogP contribution in [0, 0.1) is 5.41 Å². The summed E-state index contributed by atoms with van der Waals surface area (Å²) in [5, 5.41) is 9.19. The Hall–Kier alpha value is -1.75.